The van der Waals surface area contributed by atoms with Gasteiger partial charge in [0.25, 0.3) is 0 Å². The molecule has 0 atom stereocenters. The van der Waals surface area contributed by atoms with Gasteiger partial charge in [0.1, 0.15) is 29.6 Å². The van der Waals surface area contributed by atoms with E-state index in [1.807, 2.05) is 31.2 Å². The molecule has 0 aromatic heterocycles. The van der Waals surface area contributed by atoms with Crippen LogP contribution in [0.25, 0.3) is 0 Å². The number of halogens is 1. The number of hydrogen-bond acceptors (Lipinski definition) is 6. The number of hydrogen-bond donors (Lipinski definition) is 0. The summed E-state index contributed by atoms with van der Waals surface area (Å²) in [6, 6.07) is 14.0. The molecule has 0 N–H and O–H groups in total. The van der Waals surface area contributed by atoms with Crippen LogP contribution in [0.5, 0.6) is 11.5 Å². The zero-order valence-electron chi connectivity index (χ0n) is 17.6. The summed E-state index contributed by atoms with van der Waals surface area (Å²) >= 11 is 0. The Bertz CT molecular complexity index is 1350. The first-order valence-corrected chi connectivity index (χ1v) is 9.99. The number of nitriles is 2. The number of ether oxygens (including phenoxy) is 2. The Balaban J connectivity index is 1.83. The second kappa shape index (κ2) is 9.59. The maximum absolute atomic E-state index is 12.9. The lowest BCUT2D eigenvalue weighted by atomic mass is 9.90. The van der Waals surface area contributed by atoms with Crippen molar-refractivity contribution < 1.29 is 13.9 Å². The molecule has 0 bridgehead atoms. The normalized spacial score (nSPS) is 17.1. The molecule has 160 valence electrons. The third kappa shape index (κ3) is 4.63. The van der Waals surface area contributed by atoms with Crippen LogP contribution in [0.2, 0.25) is 0 Å². The van der Waals surface area contributed by atoms with Crippen LogP contribution < -0.4 is 9.47 Å². The van der Waals surface area contributed by atoms with Gasteiger partial charge in [-0.3, -0.25) is 0 Å². The summed E-state index contributed by atoms with van der Waals surface area (Å²) in [5.41, 5.74) is 3.53. The van der Waals surface area contributed by atoms with E-state index in [0.717, 1.165) is 5.56 Å². The lowest BCUT2D eigenvalue weighted by Crippen LogP contribution is -2.21. The van der Waals surface area contributed by atoms with E-state index in [-0.39, 0.29) is 0 Å². The first-order valence-electron chi connectivity index (χ1n) is 9.99. The Kier molecular flexibility index (Phi) is 6.24. The summed E-state index contributed by atoms with van der Waals surface area (Å²) in [5.74, 6) is 1.75. The van der Waals surface area contributed by atoms with E-state index in [4.69, 9.17) is 20.0 Å². The molecule has 0 heterocycles. The molecule has 0 fully saturated rings. The fourth-order valence-corrected chi connectivity index (χ4v) is 3.31. The Labute approximate surface area is 190 Å². The Morgan fingerprint density at radius 2 is 1.18 bits per heavy atom. The van der Waals surface area contributed by atoms with Gasteiger partial charge in [0.2, 0.25) is 12.4 Å². The molecule has 2 aliphatic rings. The van der Waals surface area contributed by atoms with Crippen LogP contribution in [-0.4, -0.2) is 11.4 Å². The van der Waals surface area contributed by atoms with Gasteiger partial charge in [0.05, 0.1) is 0 Å². The molecule has 6 nitrogen and oxygen atoms in total. The number of allylic oxidation sites excluding steroid dienone is 6. The second-order valence-corrected chi connectivity index (χ2v) is 7.14. The fourth-order valence-electron chi connectivity index (χ4n) is 3.31. The number of aryl methyl sites for hydroxylation is 1. The summed E-state index contributed by atoms with van der Waals surface area (Å²) in [7, 11) is 0. The molecule has 2 aliphatic carbocycles. The molecule has 2 aromatic rings. The van der Waals surface area contributed by atoms with Gasteiger partial charge >= 0.3 is 0 Å². The summed E-state index contributed by atoms with van der Waals surface area (Å²) in [5, 5.41) is 18.3. The van der Waals surface area contributed by atoms with E-state index in [9.17, 15) is 4.39 Å². The zero-order valence-corrected chi connectivity index (χ0v) is 17.6. The molecule has 0 radical (unpaired) electrons. The van der Waals surface area contributed by atoms with Gasteiger partial charge < -0.3 is 9.47 Å². The van der Waals surface area contributed by atoms with Crippen LogP contribution in [0.4, 0.5) is 4.39 Å². The molecule has 0 spiro atoms. The summed E-state index contributed by atoms with van der Waals surface area (Å²) < 4.78 is 25.1. The molecule has 0 unspecified atom stereocenters. The summed E-state index contributed by atoms with van der Waals surface area (Å²) in [6.45, 7) is 1.40. The molecule has 0 aliphatic heterocycles. The minimum atomic E-state index is -0.575. The van der Waals surface area contributed by atoms with Gasteiger partial charge in [0.15, 0.2) is 11.5 Å². The lowest BCUT2D eigenvalue weighted by molar-refractivity contribution is 0.440. The van der Waals surface area contributed by atoms with Crippen LogP contribution >= 0.6 is 0 Å². The first-order chi connectivity index (χ1) is 16.1. The highest BCUT2D eigenvalue weighted by molar-refractivity contribution is 6.15. The quantitative estimate of drug-likeness (QED) is 0.586. The van der Waals surface area contributed by atoms with Crippen LogP contribution in [-0.2, 0) is 6.67 Å². The number of alkyl halides is 1. The highest BCUT2D eigenvalue weighted by Gasteiger charge is 2.28. The van der Waals surface area contributed by atoms with Crippen LogP contribution in [0.1, 0.15) is 11.1 Å². The van der Waals surface area contributed by atoms with E-state index < -0.39 is 6.67 Å². The molecule has 2 aromatic carbocycles. The molecule has 0 saturated carbocycles. The Hall–Kier alpha value is -4.75. The topological polar surface area (TPSA) is 90.8 Å². The van der Waals surface area contributed by atoms with Gasteiger partial charge in [-0.2, -0.15) is 20.5 Å². The van der Waals surface area contributed by atoms with E-state index in [2.05, 4.69) is 9.98 Å². The van der Waals surface area contributed by atoms with Gasteiger partial charge in [-0.1, -0.05) is 29.8 Å². The van der Waals surface area contributed by atoms with Gasteiger partial charge in [-0.05, 0) is 61.1 Å². The molecule has 4 rings (SSSR count). The molecule has 7 heteroatoms. The van der Waals surface area contributed by atoms with Crippen LogP contribution in [0, 0.1) is 29.8 Å². The lowest BCUT2D eigenvalue weighted by Gasteiger charge is -2.24. The number of nitrogens with zero attached hydrogens (tertiary/aromatic N) is 4. The molecule has 33 heavy (non-hydrogen) atoms. The fraction of sp³-hybridized carbons (Fsp3) is 0.0769. The molecule has 0 saturated heterocycles. The van der Waals surface area contributed by atoms with Crippen LogP contribution in [0.15, 0.2) is 105 Å². The Morgan fingerprint density at radius 1 is 0.727 bits per heavy atom. The highest BCUT2D eigenvalue weighted by Crippen LogP contribution is 2.34. The Morgan fingerprint density at radius 3 is 1.61 bits per heavy atom. The van der Waals surface area contributed by atoms with Crippen molar-refractivity contribution in [2.24, 2.45) is 9.98 Å². The van der Waals surface area contributed by atoms with Crippen molar-refractivity contribution in [3.8, 4) is 23.9 Å². The van der Waals surface area contributed by atoms with Gasteiger partial charge in [-0.15, -0.1) is 0 Å². The predicted molar refractivity (Wildman–Crippen MR) is 122 cm³/mol. The summed E-state index contributed by atoms with van der Waals surface area (Å²) in [6.07, 6.45) is 10.3. The molecular formula is C26H17FN4O2. The van der Waals surface area contributed by atoms with Crippen molar-refractivity contribution in [1.29, 1.82) is 10.5 Å². The third-order valence-electron chi connectivity index (χ3n) is 4.94. The summed E-state index contributed by atoms with van der Waals surface area (Å²) in [4.78, 5) is 7.76. The molecule has 0 amide bonds. The minimum absolute atomic E-state index is 0.325. The van der Waals surface area contributed by atoms with Crippen molar-refractivity contribution in [1.82, 2.24) is 0 Å². The van der Waals surface area contributed by atoms with Crippen molar-refractivity contribution in [3.63, 3.8) is 0 Å². The monoisotopic (exact) mass is 436 g/mol. The zero-order chi connectivity index (χ0) is 23.2. The number of benzene rings is 2. The second-order valence-electron chi connectivity index (χ2n) is 7.14. The van der Waals surface area contributed by atoms with E-state index >= 15 is 0 Å². The number of fused-ring (bicyclic) bond motifs is 1. The van der Waals surface area contributed by atoms with Gasteiger partial charge in [-0.25, -0.2) is 4.39 Å². The standard InChI is InChI=1S/C26H17FN4O2/c1-17-2-6-19(7-3-17)32-25-21-10-13-24(31-16-29)26(22(21)11-12-23(25)30-15-28)33-20-8-4-18(14-27)5-9-20/h2-13H,14H2,1H3/b30-23+,31-24+. The van der Waals surface area contributed by atoms with Crippen molar-refractivity contribution in [2.45, 2.75) is 13.6 Å². The maximum Gasteiger partial charge on any atom is 0.206 e. The SMILES string of the molecule is Cc1ccc(OC2=C3C=C/C(=N\C#N)C(Oc4ccc(CF)cc4)=C3C=C/C2=N\C#N)cc1. The third-order valence-corrected chi connectivity index (χ3v) is 4.94. The van der Waals surface area contributed by atoms with E-state index in [1.54, 1.807) is 61.0 Å². The van der Waals surface area contributed by atoms with E-state index in [0.29, 0.717) is 51.2 Å². The van der Waals surface area contributed by atoms with Crippen molar-refractivity contribution in [3.05, 3.63) is 107 Å². The maximum atomic E-state index is 12.9. The smallest absolute Gasteiger partial charge is 0.206 e. The predicted octanol–water partition coefficient (Wildman–Crippen LogP) is 5.41. The average Bonchev–Trinajstić information content (AvgIpc) is 2.84. The first kappa shape index (κ1) is 21.5. The van der Waals surface area contributed by atoms with E-state index in [1.165, 1.54) is 0 Å². The number of aliphatic imine (C=N–C) groups is 2. The number of rotatable bonds is 5. The highest BCUT2D eigenvalue weighted by atomic mass is 19.1. The minimum Gasteiger partial charge on any atom is -0.454 e. The van der Waals surface area contributed by atoms with Crippen molar-refractivity contribution in [2.75, 3.05) is 0 Å². The average molecular weight is 436 g/mol. The molecular weight excluding hydrogens is 419 g/mol. The largest absolute Gasteiger partial charge is 0.454 e. The van der Waals surface area contributed by atoms with Crippen molar-refractivity contribution >= 4 is 11.4 Å². The van der Waals surface area contributed by atoms with Crippen LogP contribution in [0.3, 0.4) is 0 Å². The van der Waals surface area contributed by atoms with Gasteiger partial charge in [0, 0.05) is 11.1 Å².